The van der Waals surface area contributed by atoms with E-state index in [1.807, 2.05) is 12.1 Å². The van der Waals surface area contributed by atoms with Crippen LogP contribution >= 0.6 is 0 Å². The zero-order valence-electron chi connectivity index (χ0n) is 16.3. The van der Waals surface area contributed by atoms with Crippen LogP contribution in [0.25, 0.3) is 11.1 Å². The van der Waals surface area contributed by atoms with Gasteiger partial charge in [0.25, 0.3) is 0 Å². The van der Waals surface area contributed by atoms with E-state index in [0.717, 1.165) is 43.6 Å². The van der Waals surface area contributed by atoms with Crippen molar-refractivity contribution in [1.29, 1.82) is 0 Å². The molecule has 4 rings (SSSR count). The highest BCUT2D eigenvalue weighted by Crippen LogP contribution is 2.47. The molecule has 0 atom stereocenters. The van der Waals surface area contributed by atoms with Crippen LogP contribution in [0.4, 0.5) is 5.69 Å². The molecule has 27 heavy (non-hydrogen) atoms. The molecule has 1 aliphatic carbocycles. The van der Waals surface area contributed by atoms with E-state index in [2.05, 4.69) is 53.6 Å². The van der Waals surface area contributed by atoms with Gasteiger partial charge < -0.3 is 4.90 Å². The molecule has 4 heteroatoms. The smallest absolute Gasteiger partial charge is 0.150 e. The third-order valence-corrected chi connectivity index (χ3v) is 5.89. The fourth-order valence-electron chi connectivity index (χ4n) is 4.73. The van der Waals surface area contributed by atoms with Gasteiger partial charge in [0.1, 0.15) is 11.9 Å². The molecule has 0 aromatic heterocycles. The highest BCUT2D eigenvalue weighted by molar-refractivity contribution is 5.86. The van der Waals surface area contributed by atoms with Gasteiger partial charge in [-0.1, -0.05) is 32.0 Å². The SMILES string of the molecule is CCNC1(NCC)c2cc(C=O)ccc2-c2ccc(N3CCCCC3)cc21. The minimum atomic E-state index is -0.445. The molecule has 142 valence electrons. The maximum Gasteiger partial charge on any atom is 0.150 e. The lowest BCUT2D eigenvalue weighted by molar-refractivity contribution is 0.112. The second-order valence-electron chi connectivity index (χ2n) is 7.51. The molecule has 1 fully saturated rings. The third-order valence-electron chi connectivity index (χ3n) is 5.89. The van der Waals surface area contributed by atoms with Gasteiger partial charge in [0.15, 0.2) is 0 Å². The van der Waals surface area contributed by atoms with Crippen LogP contribution in [0.2, 0.25) is 0 Å². The van der Waals surface area contributed by atoms with Crippen molar-refractivity contribution in [2.45, 2.75) is 38.8 Å². The van der Waals surface area contributed by atoms with E-state index < -0.39 is 5.66 Å². The van der Waals surface area contributed by atoms with Crippen molar-refractivity contribution in [2.75, 3.05) is 31.1 Å². The van der Waals surface area contributed by atoms with E-state index in [9.17, 15) is 4.79 Å². The highest BCUT2D eigenvalue weighted by Gasteiger charge is 2.42. The number of piperidine rings is 1. The van der Waals surface area contributed by atoms with Crippen molar-refractivity contribution in [2.24, 2.45) is 0 Å². The van der Waals surface area contributed by atoms with Crippen LogP contribution in [0.1, 0.15) is 54.6 Å². The second-order valence-corrected chi connectivity index (χ2v) is 7.51. The Hall–Kier alpha value is -2.17. The summed E-state index contributed by atoms with van der Waals surface area (Å²) in [5.41, 5.74) is 6.47. The average molecular weight is 364 g/mol. The van der Waals surface area contributed by atoms with Crippen LogP contribution in [0, 0.1) is 0 Å². The molecule has 0 amide bonds. The van der Waals surface area contributed by atoms with Gasteiger partial charge in [0.05, 0.1) is 0 Å². The van der Waals surface area contributed by atoms with Gasteiger partial charge in [-0.2, -0.15) is 0 Å². The number of nitrogens with one attached hydrogen (secondary N) is 2. The van der Waals surface area contributed by atoms with Crippen molar-refractivity contribution in [3.05, 3.63) is 53.1 Å². The Morgan fingerprint density at radius 2 is 1.56 bits per heavy atom. The Morgan fingerprint density at radius 3 is 2.19 bits per heavy atom. The Morgan fingerprint density at radius 1 is 0.926 bits per heavy atom. The Kier molecular flexibility index (Phi) is 5.02. The average Bonchev–Trinajstić information content (AvgIpc) is 2.98. The first kappa shape index (κ1) is 18.2. The minimum Gasteiger partial charge on any atom is -0.372 e. The monoisotopic (exact) mass is 363 g/mol. The summed E-state index contributed by atoms with van der Waals surface area (Å²) in [6, 6.07) is 12.9. The van der Waals surface area contributed by atoms with Crippen molar-refractivity contribution in [1.82, 2.24) is 10.6 Å². The number of hydrogen-bond acceptors (Lipinski definition) is 4. The quantitative estimate of drug-likeness (QED) is 0.604. The van der Waals surface area contributed by atoms with Gasteiger partial charge in [-0.15, -0.1) is 0 Å². The lowest BCUT2D eigenvalue weighted by atomic mass is 9.94. The fourth-order valence-corrected chi connectivity index (χ4v) is 4.73. The summed E-state index contributed by atoms with van der Waals surface area (Å²) >= 11 is 0. The van der Waals surface area contributed by atoms with Gasteiger partial charge in [0, 0.05) is 29.9 Å². The van der Waals surface area contributed by atoms with E-state index in [1.165, 1.54) is 41.6 Å². The maximum absolute atomic E-state index is 11.4. The van der Waals surface area contributed by atoms with Crippen molar-refractivity contribution < 1.29 is 4.79 Å². The maximum atomic E-state index is 11.4. The number of nitrogens with zero attached hydrogens (tertiary/aromatic N) is 1. The molecule has 0 radical (unpaired) electrons. The Bertz CT molecular complexity index is 834. The number of aldehydes is 1. The van der Waals surface area contributed by atoms with E-state index in [4.69, 9.17) is 0 Å². The van der Waals surface area contributed by atoms with E-state index >= 15 is 0 Å². The standard InChI is InChI=1S/C23H29N3O/c1-3-24-23(25-4-2)21-14-17(16-27)8-10-19(21)20-11-9-18(15-22(20)23)26-12-6-5-7-13-26/h8-11,14-16,24-25H,3-7,12-13H2,1-2H3. The predicted octanol–water partition coefficient (Wildman–Crippen LogP) is 3.89. The molecule has 4 nitrogen and oxygen atoms in total. The van der Waals surface area contributed by atoms with Crippen LogP contribution in [0.15, 0.2) is 36.4 Å². The van der Waals surface area contributed by atoms with Gasteiger partial charge in [0.2, 0.25) is 0 Å². The number of hydrogen-bond donors (Lipinski definition) is 2. The first-order valence-corrected chi connectivity index (χ1v) is 10.2. The van der Waals surface area contributed by atoms with Gasteiger partial charge in [-0.3, -0.25) is 15.4 Å². The van der Waals surface area contributed by atoms with E-state index in [0.29, 0.717) is 0 Å². The topological polar surface area (TPSA) is 44.4 Å². The zero-order valence-corrected chi connectivity index (χ0v) is 16.3. The van der Waals surface area contributed by atoms with E-state index in [1.54, 1.807) is 0 Å². The summed E-state index contributed by atoms with van der Waals surface area (Å²) in [6.45, 7) is 8.22. The summed E-state index contributed by atoms with van der Waals surface area (Å²) in [4.78, 5) is 13.9. The molecule has 1 saturated heterocycles. The zero-order chi connectivity index (χ0) is 18.9. The molecule has 2 N–H and O–H groups in total. The summed E-state index contributed by atoms with van der Waals surface area (Å²) in [6.07, 6.45) is 4.81. The van der Waals surface area contributed by atoms with Gasteiger partial charge >= 0.3 is 0 Å². The number of benzene rings is 2. The number of rotatable bonds is 6. The highest BCUT2D eigenvalue weighted by atomic mass is 16.1. The van der Waals surface area contributed by atoms with Crippen LogP contribution in [0.3, 0.4) is 0 Å². The predicted molar refractivity (Wildman–Crippen MR) is 111 cm³/mol. The lowest BCUT2D eigenvalue weighted by Crippen LogP contribution is -2.53. The Labute approximate surface area is 162 Å². The molecule has 1 aliphatic heterocycles. The van der Waals surface area contributed by atoms with Crippen LogP contribution in [0.5, 0.6) is 0 Å². The fraction of sp³-hybridized carbons (Fsp3) is 0.435. The molecule has 2 aliphatic rings. The van der Waals surface area contributed by atoms with Crippen LogP contribution < -0.4 is 15.5 Å². The van der Waals surface area contributed by atoms with Gasteiger partial charge in [-0.05, 0) is 67.2 Å². The molecular weight excluding hydrogens is 334 g/mol. The first-order chi connectivity index (χ1) is 13.2. The molecular formula is C23H29N3O. The molecule has 0 spiro atoms. The second kappa shape index (κ2) is 7.45. The third kappa shape index (κ3) is 2.97. The van der Waals surface area contributed by atoms with Gasteiger partial charge in [-0.25, -0.2) is 0 Å². The number of anilines is 1. The van der Waals surface area contributed by atoms with Crippen molar-refractivity contribution in [3.63, 3.8) is 0 Å². The van der Waals surface area contributed by atoms with Crippen molar-refractivity contribution in [3.8, 4) is 11.1 Å². The largest absolute Gasteiger partial charge is 0.372 e. The van der Waals surface area contributed by atoms with E-state index in [-0.39, 0.29) is 0 Å². The normalized spacial score (nSPS) is 17.5. The summed E-state index contributed by atoms with van der Waals surface area (Å²) in [7, 11) is 0. The summed E-state index contributed by atoms with van der Waals surface area (Å²) in [5, 5.41) is 7.41. The van der Waals surface area contributed by atoms with Crippen LogP contribution in [-0.2, 0) is 5.66 Å². The summed E-state index contributed by atoms with van der Waals surface area (Å²) < 4.78 is 0. The molecule has 1 heterocycles. The Balaban J connectivity index is 1.88. The molecule has 0 bridgehead atoms. The summed E-state index contributed by atoms with van der Waals surface area (Å²) in [5.74, 6) is 0. The molecule has 2 aromatic rings. The molecule has 2 aromatic carbocycles. The molecule has 0 saturated carbocycles. The minimum absolute atomic E-state index is 0.445. The molecule has 0 unspecified atom stereocenters. The first-order valence-electron chi connectivity index (χ1n) is 10.2. The van der Waals surface area contributed by atoms with Crippen molar-refractivity contribution >= 4 is 12.0 Å². The van der Waals surface area contributed by atoms with Crippen LogP contribution in [-0.4, -0.2) is 32.5 Å². The number of carbonyl (C=O) groups is 1. The lowest BCUT2D eigenvalue weighted by Gasteiger charge is -2.35. The number of fused-ring (bicyclic) bond motifs is 3. The number of carbonyl (C=O) groups excluding carboxylic acids is 1.